The van der Waals surface area contributed by atoms with Crippen molar-refractivity contribution in [2.75, 3.05) is 0 Å². The maximum absolute atomic E-state index is 11.6. The monoisotopic (exact) mass is 212 g/mol. The highest BCUT2D eigenvalue weighted by Crippen LogP contribution is 2.37. The van der Waals surface area contributed by atoms with E-state index in [-0.39, 0.29) is 17.9 Å². The van der Waals surface area contributed by atoms with E-state index in [0.717, 1.165) is 19.3 Å². The lowest BCUT2D eigenvalue weighted by atomic mass is 9.75. The van der Waals surface area contributed by atoms with Crippen LogP contribution in [0.15, 0.2) is 0 Å². The highest BCUT2D eigenvalue weighted by molar-refractivity contribution is 5.89. The number of hydrogen-bond acceptors (Lipinski definition) is 3. The maximum Gasteiger partial charge on any atom is 0.329 e. The molecule has 0 heterocycles. The third kappa shape index (κ3) is 1.97. The van der Waals surface area contributed by atoms with Gasteiger partial charge in [-0.05, 0) is 32.1 Å². The Labute approximate surface area is 88.0 Å². The average Bonchev–Trinajstić information content (AvgIpc) is 2.82. The summed E-state index contributed by atoms with van der Waals surface area (Å²) in [6, 6.07) is 0. The Balaban J connectivity index is 1.85. The molecule has 4 N–H and O–H groups in total. The Bertz CT molecular complexity index is 306. The summed E-state index contributed by atoms with van der Waals surface area (Å²) in [5.74, 6) is -1.16. The molecule has 1 amide bonds. The molecule has 2 aliphatic rings. The lowest BCUT2D eigenvalue weighted by Gasteiger charge is -2.37. The first-order valence-electron chi connectivity index (χ1n) is 5.29. The summed E-state index contributed by atoms with van der Waals surface area (Å²) in [6.07, 6.45) is 4.11. The smallest absolute Gasteiger partial charge is 0.329 e. The molecule has 0 aromatic heterocycles. The van der Waals surface area contributed by atoms with Crippen molar-refractivity contribution in [3.63, 3.8) is 0 Å². The molecule has 2 aliphatic carbocycles. The number of carbonyl (C=O) groups is 2. The minimum absolute atomic E-state index is 0.225. The van der Waals surface area contributed by atoms with E-state index >= 15 is 0 Å². The fourth-order valence-electron chi connectivity index (χ4n) is 1.96. The Morgan fingerprint density at radius 3 is 2.20 bits per heavy atom. The average molecular weight is 212 g/mol. The fraction of sp³-hybridized carbons (Fsp3) is 0.800. The van der Waals surface area contributed by atoms with Crippen LogP contribution in [0.1, 0.15) is 38.5 Å². The number of carboxylic acid groups (broad SMARTS) is 1. The van der Waals surface area contributed by atoms with Crippen molar-refractivity contribution in [2.24, 2.45) is 5.73 Å². The van der Waals surface area contributed by atoms with Gasteiger partial charge in [0.2, 0.25) is 5.91 Å². The second-order valence-electron chi connectivity index (χ2n) is 4.83. The van der Waals surface area contributed by atoms with Gasteiger partial charge in [-0.1, -0.05) is 0 Å². The third-order valence-corrected chi connectivity index (χ3v) is 3.40. The SMILES string of the molecule is NC1(CC(=O)NC2(C(=O)O)CC2)CCC1. The van der Waals surface area contributed by atoms with Gasteiger partial charge in [-0.2, -0.15) is 0 Å². The highest BCUT2D eigenvalue weighted by atomic mass is 16.4. The van der Waals surface area contributed by atoms with Crippen LogP contribution in [-0.2, 0) is 9.59 Å². The first-order valence-corrected chi connectivity index (χ1v) is 5.29. The maximum atomic E-state index is 11.6. The summed E-state index contributed by atoms with van der Waals surface area (Å²) in [7, 11) is 0. The number of aliphatic carboxylic acids is 1. The van der Waals surface area contributed by atoms with E-state index in [4.69, 9.17) is 10.8 Å². The van der Waals surface area contributed by atoms with Crippen LogP contribution in [0.5, 0.6) is 0 Å². The molecule has 0 bridgehead atoms. The van der Waals surface area contributed by atoms with Crippen LogP contribution in [0, 0.1) is 0 Å². The molecule has 0 spiro atoms. The van der Waals surface area contributed by atoms with Crippen molar-refractivity contribution in [1.29, 1.82) is 0 Å². The number of hydrogen-bond donors (Lipinski definition) is 3. The van der Waals surface area contributed by atoms with Gasteiger partial charge in [0.05, 0.1) is 0 Å². The fourth-order valence-corrected chi connectivity index (χ4v) is 1.96. The number of carboxylic acids is 1. The predicted octanol–water partition coefficient (Wildman–Crippen LogP) is -0.00870. The zero-order valence-electron chi connectivity index (χ0n) is 8.58. The van der Waals surface area contributed by atoms with Crippen molar-refractivity contribution >= 4 is 11.9 Å². The normalized spacial score (nSPS) is 25.1. The minimum Gasteiger partial charge on any atom is -0.480 e. The van der Waals surface area contributed by atoms with Gasteiger partial charge in [0.15, 0.2) is 0 Å². The zero-order valence-corrected chi connectivity index (χ0v) is 8.58. The van der Waals surface area contributed by atoms with Crippen molar-refractivity contribution in [3.05, 3.63) is 0 Å². The molecule has 84 valence electrons. The van der Waals surface area contributed by atoms with Crippen molar-refractivity contribution < 1.29 is 14.7 Å². The predicted molar refractivity (Wildman–Crippen MR) is 53.1 cm³/mol. The van der Waals surface area contributed by atoms with Crippen molar-refractivity contribution in [2.45, 2.75) is 49.6 Å². The van der Waals surface area contributed by atoms with Gasteiger partial charge >= 0.3 is 5.97 Å². The van der Waals surface area contributed by atoms with Crippen LogP contribution in [0.4, 0.5) is 0 Å². The van der Waals surface area contributed by atoms with Crippen LogP contribution in [0.25, 0.3) is 0 Å². The molecule has 0 atom stereocenters. The molecular formula is C10H16N2O3. The van der Waals surface area contributed by atoms with Gasteiger partial charge in [-0.15, -0.1) is 0 Å². The van der Waals surface area contributed by atoms with Gasteiger partial charge in [0.1, 0.15) is 5.54 Å². The molecule has 2 rings (SSSR count). The molecule has 2 fully saturated rings. The lowest BCUT2D eigenvalue weighted by molar-refractivity contribution is -0.143. The Morgan fingerprint density at radius 2 is 1.87 bits per heavy atom. The standard InChI is InChI=1S/C10H16N2O3/c11-9(2-1-3-9)6-7(13)12-10(4-5-10)8(14)15/h1-6,11H2,(H,12,13)(H,14,15). The Kier molecular flexibility index (Phi) is 2.22. The molecule has 0 aliphatic heterocycles. The van der Waals surface area contributed by atoms with E-state index in [9.17, 15) is 9.59 Å². The molecular weight excluding hydrogens is 196 g/mol. The van der Waals surface area contributed by atoms with E-state index in [2.05, 4.69) is 5.32 Å². The second-order valence-corrected chi connectivity index (χ2v) is 4.83. The highest BCUT2D eigenvalue weighted by Gasteiger charge is 2.52. The van der Waals surface area contributed by atoms with Gasteiger partial charge in [0.25, 0.3) is 0 Å². The topological polar surface area (TPSA) is 92.4 Å². The molecule has 0 saturated heterocycles. The number of nitrogens with two attached hydrogens (primary N) is 1. The molecule has 15 heavy (non-hydrogen) atoms. The number of nitrogens with one attached hydrogen (secondary N) is 1. The summed E-state index contributed by atoms with van der Waals surface area (Å²) >= 11 is 0. The van der Waals surface area contributed by atoms with Gasteiger partial charge in [0, 0.05) is 12.0 Å². The van der Waals surface area contributed by atoms with Crippen LogP contribution < -0.4 is 11.1 Å². The first kappa shape index (κ1) is 10.4. The molecule has 5 nitrogen and oxygen atoms in total. The number of rotatable bonds is 4. The number of amides is 1. The first-order chi connectivity index (χ1) is 6.96. The molecule has 5 heteroatoms. The van der Waals surface area contributed by atoms with Crippen molar-refractivity contribution in [3.8, 4) is 0 Å². The molecule has 2 saturated carbocycles. The summed E-state index contributed by atoms with van der Waals surface area (Å²) in [4.78, 5) is 22.4. The Morgan fingerprint density at radius 1 is 1.27 bits per heavy atom. The van der Waals surface area contributed by atoms with Crippen LogP contribution in [0.2, 0.25) is 0 Å². The quantitative estimate of drug-likeness (QED) is 0.611. The van der Waals surface area contributed by atoms with Gasteiger partial charge in [-0.25, -0.2) is 4.79 Å². The molecule has 0 aromatic rings. The van der Waals surface area contributed by atoms with E-state index in [0.29, 0.717) is 12.8 Å². The van der Waals surface area contributed by atoms with E-state index in [1.807, 2.05) is 0 Å². The van der Waals surface area contributed by atoms with E-state index in [1.165, 1.54) is 0 Å². The minimum atomic E-state index is -0.975. The van der Waals surface area contributed by atoms with Gasteiger partial charge < -0.3 is 16.2 Å². The van der Waals surface area contributed by atoms with E-state index in [1.54, 1.807) is 0 Å². The van der Waals surface area contributed by atoms with Crippen molar-refractivity contribution in [1.82, 2.24) is 5.32 Å². The number of carbonyl (C=O) groups excluding carboxylic acids is 1. The second kappa shape index (κ2) is 3.20. The molecule has 0 radical (unpaired) electrons. The zero-order chi connectivity index (χ0) is 11.1. The van der Waals surface area contributed by atoms with E-state index < -0.39 is 11.5 Å². The van der Waals surface area contributed by atoms with Crippen LogP contribution >= 0.6 is 0 Å². The molecule has 0 unspecified atom stereocenters. The van der Waals surface area contributed by atoms with Crippen LogP contribution in [0.3, 0.4) is 0 Å². The van der Waals surface area contributed by atoms with Crippen LogP contribution in [-0.4, -0.2) is 28.1 Å². The third-order valence-electron chi connectivity index (χ3n) is 3.40. The lowest BCUT2D eigenvalue weighted by Crippen LogP contribution is -2.52. The molecule has 0 aromatic carbocycles. The summed E-state index contributed by atoms with van der Waals surface area (Å²) in [5, 5.41) is 11.4. The summed E-state index contributed by atoms with van der Waals surface area (Å²) in [5.41, 5.74) is 4.56. The summed E-state index contributed by atoms with van der Waals surface area (Å²) < 4.78 is 0. The van der Waals surface area contributed by atoms with Gasteiger partial charge in [-0.3, -0.25) is 4.79 Å². The Hall–Kier alpha value is -1.10. The summed E-state index contributed by atoms with van der Waals surface area (Å²) in [6.45, 7) is 0. The largest absolute Gasteiger partial charge is 0.480 e.